The van der Waals surface area contributed by atoms with Gasteiger partial charge in [-0.3, -0.25) is 9.59 Å². The molecule has 3 aromatic heterocycles. The monoisotopic (exact) mass is 469 g/mol. The Morgan fingerprint density at radius 2 is 1.85 bits per heavy atom. The molecule has 4 heterocycles. The van der Waals surface area contributed by atoms with Crippen LogP contribution in [0, 0.1) is 6.92 Å². The van der Waals surface area contributed by atoms with Crippen molar-refractivity contribution >= 4 is 17.4 Å². The SMILES string of the molecule is Cc1ccc([C@]2(C)C(=O)Nc3nc(-c4cn5ncnc5c(CCC(F)(F)F)n4)[nH]c(=O)c32)cc1. The van der Waals surface area contributed by atoms with Crippen LogP contribution < -0.4 is 10.9 Å². The number of halogens is 3. The van der Waals surface area contributed by atoms with Crippen LogP contribution in [-0.2, 0) is 16.6 Å². The number of hydrogen-bond donors (Lipinski definition) is 2. The van der Waals surface area contributed by atoms with E-state index >= 15 is 0 Å². The van der Waals surface area contributed by atoms with E-state index in [2.05, 4.69) is 30.4 Å². The molecule has 0 fully saturated rings. The lowest BCUT2D eigenvalue weighted by Crippen LogP contribution is -2.36. The van der Waals surface area contributed by atoms with E-state index in [9.17, 15) is 22.8 Å². The second kappa shape index (κ2) is 7.47. The van der Waals surface area contributed by atoms with Gasteiger partial charge in [0.15, 0.2) is 11.5 Å². The Hall–Kier alpha value is -4.09. The van der Waals surface area contributed by atoms with E-state index in [4.69, 9.17) is 0 Å². The Kier molecular flexibility index (Phi) is 4.78. The van der Waals surface area contributed by atoms with Crippen LogP contribution in [0.3, 0.4) is 0 Å². The molecule has 0 spiro atoms. The Balaban J connectivity index is 1.61. The molecule has 5 rings (SSSR count). The third-order valence-corrected chi connectivity index (χ3v) is 5.95. The van der Waals surface area contributed by atoms with Gasteiger partial charge in [0.2, 0.25) is 5.91 Å². The summed E-state index contributed by atoms with van der Waals surface area (Å²) in [5.41, 5.74) is 0.302. The summed E-state index contributed by atoms with van der Waals surface area (Å²) < 4.78 is 39.7. The quantitative estimate of drug-likeness (QED) is 0.475. The molecular formula is C22H18F3N7O2. The van der Waals surface area contributed by atoms with Crippen molar-refractivity contribution in [2.75, 3.05) is 5.32 Å². The summed E-state index contributed by atoms with van der Waals surface area (Å²) in [5.74, 6) is -0.348. The van der Waals surface area contributed by atoms with Gasteiger partial charge in [-0.05, 0) is 19.4 Å². The van der Waals surface area contributed by atoms with Crippen LogP contribution in [-0.4, -0.2) is 41.6 Å². The molecule has 9 nitrogen and oxygen atoms in total. The lowest BCUT2D eigenvalue weighted by Gasteiger charge is -2.21. The number of fused-ring (bicyclic) bond motifs is 2. The molecule has 0 unspecified atom stereocenters. The zero-order valence-electron chi connectivity index (χ0n) is 18.1. The number of H-pyrrole nitrogens is 1. The minimum absolute atomic E-state index is 0.0112. The molecule has 34 heavy (non-hydrogen) atoms. The van der Waals surface area contributed by atoms with Gasteiger partial charge in [-0.15, -0.1) is 0 Å². The summed E-state index contributed by atoms with van der Waals surface area (Å²) in [6, 6.07) is 7.26. The zero-order valence-corrected chi connectivity index (χ0v) is 18.1. The molecule has 12 heteroatoms. The summed E-state index contributed by atoms with van der Waals surface area (Å²) in [5, 5.41) is 6.64. The Morgan fingerprint density at radius 1 is 1.12 bits per heavy atom. The number of aromatic amines is 1. The van der Waals surface area contributed by atoms with Gasteiger partial charge in [-0.25, -0.2) is 19.5 Å². The number of aryl methyl sites for hydroxylation is 2. The van der Waals surface area contributed by atoms with Crippen LogP contribution in [0.1, 0.15) is 35.7 Å². The summed E-state index contributed by atoms with van der Waals surface area (Å²) in [6.07, 6.45) is -3.29. The Labute approximate surface area is 190 Å². The van der Waals surface area contributed by atoms with Crippen LogP contribution in [0.15, 0.2) is 41.6 Å². The number of anilines is 1. The van der Waals surface area contributed by atoms with Gasteiger partial charge >= 0.3 is 6.18 Å². The number of carbonyl (C=O) groups is 1. The molecule has 4 aromatic rings. The van der Waals surface area contributed by atoms with Gasteiger partial charge in [0, 0.05) is 12.8 Å². The van der Waals surface area contributed by atoms with Crippen molar-refractivity contribution in [1.82, 2.24) is 29.5 Å². The van der Waals surface area contributed by atoms with Crippen molar-refractivity contribution in [2.45, 2.75) is 38.3 Å². The number of nitrogens with one attached hydrogen (secondary N) is 2. The van der Waals surface area contributed by atoms with Gasteiger partial charge in [0.05, 0.1) is 17.5 Å². The number of benzene rings is 1. The summed E-state index contributed by atoms with van der Waals surface area (Å²) in [4.78, 5) is 41.4. The molecule has 0 radical (unpaired) electrons. The van der Waals surface area contributed by atoms with E-state index in [-0.39, 0.29) is 34.2 Å². The van der Waals surface area contributed by atoms with Crippen molar-refractivity contribution in [3.63, 3.8) is 0 Å². The normalized spacial score (nSPS) is 17.7. The highest BCUT2D eigenvalue weighted by atomic mass is 19.4. The van der Waals surface area contributed by atoms with Crippen LogP contribution in [0.4, 0.5) is 19.0 Å². The highest BCUT2D eigenvalue weighted by molar-refractivity contribution is 6.07. The van der Waals surface area contributed by atoms with E-state index in [0.717, 1.165) is 5.56 Å². The molecule has 1 aromatic carbocycles. The smallest absolute Gasteiger partial charge is 0.309 e. The highest BCUT2D eigenvalue weighted by Gasteiger charge is 2.47. The maximum absolute atomic E-state index is 13.2. The van der Waals surface area contributed by atoms with E-state index < -0.39 is 35.9 Å². The summed E-state index contributed by atoms with van der Waals surface area (Å²) >= 11 is 0. The molecule has 0 bridgehead atoms. The molecule has 0 saturated carbocycles. The van der Waals surface area contributed by atoms with Gasteiger partial charge in [-0.1, -0.05) is 29.8 Å². The van der Waals surface area contributed by atoms with Gasteiger partial charge < -0.3 is 10.3 Å². The van der Waals surface area contributed by atoms with Crippen molar-refractivity contribution in [3.8, 4) is 11.5 Å². The predicted molar refractivity (Wildman–Crippen MR) is 115 cm³/mol. The fourth-order valence-electron chi connectivity index (χ4n) is 4.09. The number of rotatable bonds is 4. The van der Waals surface area contributed by atoms with E-state index in [1.807, 2.05) is 19.1 Å². The van der Waals surface area contributed by atoms with Crippen LogP contribution in [0.2, 0.25) is 0 Å². The zero-order chi connectivity index (χ0) is 24.3. The Bertz CT molecular complexity index is 1490. The fourth-order valence-corrected chi connectivity index (χ4v) is 4.09. The number of hydrogen-bond acceptors (Lipinski definition) is 6. The Morgan fingerprint density at radius 3 is 2.56 bits per heavy atom. The molecule has 1 amide bonds. The predicted octanol–water partition coefficient (Wildman–Crippen LogP) is 2.94. The molecule has 174 valence electrons. The standard InChI is InChI=1S/C22H18F3N7O2/c1-11-3-5-12(6-4-11)21(2)15-17(31-20(21)34)29-16(30-19(15)33)14-9-32-18(26-10-27-32)13(28-14)7-8-22(23,24)25/h3-6,9-10H,7-8H2,1-2H3,(H2,29,30,31,33,34)/t21-/m0/s1. The molecule has 0 aliphatic carbocycles. The number of alkyl halides is 3. The maximum Gasteiger partial charge on any atom is 0.389 e. The third-order valence-electron chi connectivity index (χ3n) is 5.95. The molecule has 1 aliphatic heterocycles. The highest BCUT2D eigenvalue weighted by Crippen LogP contribution is 2.40. The van der Waals surface area contributed by atoms with Gasteiger partial charge in [0.25, 0.3) is 5.56 Å². The number of aromatic nitrogens is 6. The van der Waals surface area contributed by atoms with Crippen molar-refractivity contribution in [2.24, 2.45) is 0 Å². The van der Waals surface area contributed by atoms with Gasteiger partial charge in [0.1, 0.15) is 23.3 Å². The van der Waals surface area contributed by atoms with E-state index in [1.165, 1.54) is 17.0 Å². The summed E-state index contributed by atoms with van der Waals surface area (Å²) in [7, 11) is 0. The second-order valence-corrected chi connectivity index (χ2v) is 8.30. The van der Waals surface area contributed by atoms with Gasteiger partial charge in [-0.2, -0.15) is 18.3 Å². The first-order chi connectivity index (χ1) is 16.1. The third kappa shape index (κ3) is 3.51. The number of amides is 1. The van der Waals surface area contributed by atoms with Crippen molar-refractivity contribution in [1.29, 1.82) is 0 Å². The minimum atomic E-state index is -4.38. The molecule has 0 saturated heterocycles. The molecule has 2 N–H and O–H groups in total. The number of nitrogens with zero attached hydrogens (tertiary/aromatic N) is 5. The summed E-state index contributed by atoms with van der Waals surface area (Å²) in [6.45, 7) is 3.56. The first kappa shape index (κ1) is 21.7. The largest absolute Gasteiger partial charge is 0.389 e. The van der Waals surface area contributed by atoms with E-state index in [0.29, 0.717) is 5.56 Å². The molecule has 1 atom stereocenters. The van der Waals surface area contributed by atoms with Crippen LogP contribution in [0.5, 0.6) is 0 Å². The topological polar surface area (TPSA) is 118 Å². The first-order valence-electron chi connectivity index (χ1n) is 10.4. The maximum atomic E-state index is 13.2. The lowest BCUT2D eigenvalue weighted by molar-refractivity contribution is -0.134. The first-order valence-corrected chi connectivity index (χ1v) is 10.4. The van der Waals surface area contributed by atoms with Crippen LogP contribution >= 0.6 is 0 Å². The fraction of sp³-hybridized carbons (Fsp3) is 0.273. The molecular weight excluding hydrogens is 451 g/mol. The second-order valence-electron chi connectivity index (χ2n) is 8.30. The number of carbonyl (C=O) groups excluding carboxylic acids is 1. The lowest BCUT2D eigenvalue weighted by atomic mass is 9.78. The van der Waals surface area contributed by atoms with E-state index in [1.54, 1.807) is 19.1 Å². The average molecular weight is 469 g/mol. The average Bonchev–Trinajstić information content (AvgIpc) is 3.35. The van der Waals surface area contributed by atoms with Crippen LogP contribution in [0.25, 0.3) is 17.2 Å². The minimum Gasteiger partial charge on any atom is -0.309 e. The molecule has 1 aliphatic rings. The van der Waals surface area contributed by atoms with Crippen molar-refractivity contribution < 1.29 is 18.0 Å². The van der Waals surface area contributed by atoms with Crippen molar-refractivity contribution in [3.05, 3.63) is 69.5 Å².